The van der Waals surface area contributed by atoms with Crippen LogP contribution in [0, 0.1) is 0 Å². The predicted octanol–water partition coefficient (Wildman–Crippen LogP) is 2.89. The van der Waals surface area contributed by atoms with Gasteiger partial charge in [0.05, 0.1) is 6.10 Å². The van der Waals surface area contributed by atoms with E-state index in [4.69, 9.17) is 0 Å². The number of aliphatic hydroxyl groups excluding tert-OH is 1. The van der Waals surface area contributed by atoms with Crippen molar-refractivity contribution in [2.75, 3.05) is 6.54 Å². The molecule has 1 atom stereocenters. The summed E-state index contributed by atoms with van der Waals surface area (Å²) in [6, 6.07) is 9.79. The molecule has 0 saturated carbocycles. The van der Waals surface area contributed by atoms with Crippen LogP contribution in [0.5, 0.6) is 0 Å². The third kappa shape index (κ3) is 4.33. The Kier molecular flexibility index (Phi) is 4.97. The molecule has 2 nitrogen and oxygen atoms in total. The minimum atomic E-state index is -0.419. The summed E-state index contributed by atoms with van der Waals surface area (Å²) in [5.41, 5.74) is 1.08. The van der Waals surface area contributed by atoms with Crippen LogP contribution in [0.2, 0.25) is 0 Å². The molecule has 0 heterocycles. The van der Waals surface area contributed by atoms with Crippen LogP contribution >= 0.6 is 0 Å². The second-order valence-corrected chi connectivity index (χ2v) is 4.94. The van der Waals surface area contributed by atoms with Gasteiger partial charge < -0.3 is 10.4 Å². The molecule has 2 N–H and O–H groups in total. The molecule has 0 radical (unpaired) electrons. The Morgan fingerprint density at radius 3 is 2.44 bits per heavy atom. The average molecular weight is 221 g/mol. The van der Waals surface area contributed by atoms with Crippen LogP contribution in [0.25, 0.3) is 0 Å². The van der Waals surface area contributed by atoms with Crippen LogP contribution in [0.1, 0.15) is 45.3 Å². The molecule has 0 aromatic heterocycles. The van der Waals surface area contributed by atoms with Crippen molar-refractivity contribution in [3.8, 4) is 0 Å². The first-order valence-corrected chi connectivity index (χ1v) is 6.03. The highest BCUT2D eigenvalue weighted by Crippen LogP contribution is 2.15. The lowest BCUT2D eigenvalue weighted by atomic mass is 9.98. The SMILES string of the molecule is CCCC(C)(C)NCC(O)c1ccccc1. The van der Waals surface area contributed by atoms with Gasteiger partial charge in [0.25, 0.3) is 0 Å². The summed E-state index contributed by atoms with van der Waals surface area (Å²) in [6.45, 7) is 7.14. The van der Waals surface area contributed by atoms with Gasteiger partial charge in [-0.2, -0.15) is 0 Å². The first kappa shape index (κ1) is 13.2. The van der Waals surface area contributed by atoms with Crippen LogP contribution < -0.4 is 5.32 Å². The molecule has 0 aliphatic heterocycles. The van der Waals surface area contributed by atoms with Gasteiger partial charge in [0, 0.05) is 12.1 Å². The third-order valence-electron chi connectivity index (χ3n) is 2.83. The highest BCUT2D eigenvalue weighted by molar-refractivity contribution is 5.17. The first-order valence-electron chi connectivity index (χ1n) is 6.03. The summed E-state index contributed by atoms with van der Waals surface area (Å²) in [5.74, 6) is 0. The molecule has 90 valence electrons. The highest BCUT2D eigenvalue weighted by atomic mass is 16.3. The average Bonchev–Trinajstić information content (AvgIpc) is 2.27. The van der Waals surface area contributed by atoms with Crippen LogP contribution in [0.3, 0.4) is 0 Å². The molecule has 0 saturated heterocycles. The van der Waals surface area contributed by atoms with E-state index < -0.39 is 6.10 Å². The number of nitrogens with one attached hydrogen (secondary N) is 1. The molecule has 16 heavy (non-hydrogen) atoms. The normalized spacial score (nSPS) is 13.8. The molecule has 1 aromatic carbocycles. The van der Waals surface area contributed by atoms with E-state index >= 15 is 0 Å². The fourth-order valence-corrected chi connectivity index (χ4v) is 1.88. The molecule has 1 aromatic rings. The smallest absolute Gasteiger partial charge is 0.0914 e. The summed E-state index contributed by atoms with van der Waals surface area (Å²) < 4.78 is 0. The van der Waals surface area contributed by atoms with E-state index in [-0.39, 0.29) is 5.54 Å². The number of hydrogen-bond acceptors (Lipinski definition) is 2. The molecular weight excluding hydrogens is 198 g/mol. The fraction of sp³-hybridized carbons (Fsp3) is 0.571. The van der Waals surface area contributed by atoms with Crippen molar-refractivity contribution in [2.45, 2.75) is 45.3 Å². The van der Waals surface area contributed by atoms with Crippen molar-refractivity contribution in [1.82, 2.24) is 5.32 Å². The van der Waals surface area contributed by atoms with Crippen molar-refractivity contribution in [1.29, 1.82) is 0 Å². The van der Waals surface area contributed by atoms with Gasteiger partial charge in [0.15, 0.2) is 0 Å². The number of hydrogen-bond donors (Lipinski definition) is 2. The second-order valence-electron chi connectivity index (χ2n) is 4.94. The molecule has 0 spiro atoms. The highest BCUT2D eigenvalue weighted by Gasteiger charge is 2.17. The van der Waals surface area contributed by atoms with E-state index in [1.54, 1.807) is 0 Å². The van der Waals surface area contributed by atoms with E-state index in [0.717, 1.165) is 18.4 Å². The lowest BCUT2D eigenvalue weighted by Gasteiger charge is -2.27. The summed E-state index contributed by atoms with van der Waals surface area (Å²) in [5, 5.41) is 13.4. The zero-order chi connectivity index (χ0) is 12.0. The third-order valence-corrected chi connectivity index (χ3v) is 2.83. The van der Waals surface area contributed by atoms with Crippen LogP contribution in [0.15, 0.2) is 30.3 Å². The summed E-state index contributed by atoms with van der Waals surface area (Å²) in [6.07, 6.45) is 1.85. The van der Waals surface area contributed by atoms with Gasteiger partial charge in [-0.3, -0.25) is 0 Å². The topological polar surface area (TPSA) is 32.3 Å². The monoisotopic (exact) mass is 221 g/mol. The Bertz CT molecular complexity index is 295. The molecule has 0 amide bonds. The largest absolute Gasteiger partial charge is 0.387 e. The van der Waals surface area contributed by atoms with Crippen LogP contribution in [-0.4, -0.2) is 17.2 Å². The molecule has 1 unspecified atom stereocenters. The zero-order valence-corrected chi connectivity index (χ0v) is 10.5. The Labute approximate surface area is 98.7 Å². The maximum Gasteiger partial charge on any atom is 0.0914 e. The predicted molar refractivity (Wildman–Crippen MR) is 68.4 cm³/mol. The Morgan fingerprint density at radius 1 is 1.25 bits per heavy atom. The van der Waals surface area contributed by atoms with Gasteiger partial charge in [-0.1, -0.05) is 43.7 Å². The molecule has 0 fully saturated rings. The zero-order valence-electron chi connectivity index (χ0n) is 10.5. The quantitative estimate of drug-likeness (QED) is 0.774. The van der Waals surface area contributed by atoms with Crippen LogP contribution in [-0.2, 0) is 0 Å². The van der Waals surface area contributed by atoms with E-state index in [1.807, 2.05) is 30.3 Å². The maximum absolute atomic E-state index is 9.99. The Morgan fingerprint density at radius 2 is 1.88 bits per heavy atom. The molecule has 2 heteroatoms. The second kappa shape index (κ2) is 6.02. The van der Waals surface area contributed by atoms with Gasteiger partial charge in [-0.25, -0.2) is 0 Å². The van der Waals surface area contributed by atoms with Gasteiger partial charge in [0.2, 0.25) is 0 Å². The standard InChI is InChI=1S/C14H23NO/c1-4-10-14(2,3)15-11-13(16)12-8-6-5-7-9-12/h5-9,13,15-16H,4,10-11H2,1-3H3. The summed E-state index contributed by atoms with van der Waals surface area (Å²) in [7, 11) is 0. The number of rotatable bonds is 6. The van der Waals surface area contributed by atoms with E-state index in [9.17, 15) is 5.11 Å². The Hall–Kier alpha value is -0.860. The number of benzene rings is 1. The van der Waals surface area contributed by atoms with Gasteiger partial charge in [0.1, 0.15) is 0 Å². The van der Waals surface area contributed by atoms with Gasteiger partial charge >= 0.3 is 0 Å². The minimum Gasteiger partial charge on any atom is -0.387 e. The van der Waals surface area contributed by atoms with Crippen molar-refractivity contribution in [2.24, 2.45) is 0 Å². The molecule has 0 aliphatic carbocycles. The summed E-state index contributed by atoms with van der Waals surface area (Å²) in [4.78, 5) is 0. The molecular formula is C14H23NO. The molecule has 0 aliphatic rings. The fourth-order valence-electron chi connectivity index (χ4n) is 1.88. The minimum absolute atomic E-state index is 0.102. The van der Waals surface area contributed by atoms with Gasteiger partial charge in [-0.05, 0) is 25.8 Å². The van der Waals surface area contributed by atoms with Crippen molar-refractivity contribution < 1.29 is 5.11 Å². The Balaban J connectivity index is 2.44. The number of β-amino-alcohol motifs (C(OH)–C–C–N with tert-alkyl or cyclic N) is 1. The van der Waals surface area contributed by atoms with Crippen molar-refractivity contribution >= 4 is 0 Å². The summed E-state index contributed by atoms with van der Waals surface area (Å²) >= 11 is 0. The van der Waals surface area contributed by atoms with E-state index in [2.05, 4.69) is 26.1 Å². The van der Waals surface area contributed by atoms with E-state index in [0.29, 0.717) is 6.54 Å². The van der Waals surface area contributed by atoms with Crippen molar-refractivity contribution in [3.63, 3.8) is 0 Å². The molecule has 1 rings (SSSR count). The lowest BCUT2D eigenvalue weighted by molar-refractivity contribution is 0.159. The van der Waals surface area contributed by atoms with Crippen LogP contribution in [0.4, 0.5) is 0 Å². The first-order chi connectivity index (χ1) is 7.55. The maximum atomic E-state index is 9.99. The molecule has 0 bridgehead atoms. The lowest BCUT2D eigenvalue weighted by Crippen LogP contribution is -2.41. The van der Waals surface area contributed by atoms with E-state index in [1.165, 1.54) is 0 Å². The van der Waals surface area contributed by atoms with Gasteiger partial charge in [-0.15, -0.1) is 0 Å². The van der Waals surface area contributed by atoms with Crippen molar-refractivity contribution in [3.05, 3.63) is 35.9 Å². The number of aliphatic hydroxyl groups is 1.